The Bertz CT molecular complexity index is 593. The van der Waals surface area contributed by atoms with Gasteiger partial charge in [-0.15, -0.1) is 0 Å². The molecule has 20 heavy (non-hydrogen) atoms. The molecule has 1 aromatic heterocycles. The van der Waals surface area contributed by atoms with Gasteiger partial charge >= 0.3 is 6.18 Å². The van der Waals surface area contributed by atoms with Gasteiger partial charge in [0.25, 0.3) is 0 Å². The van der Waals surface area contributed by atoms with Crippen LogP contribution in [0.1, 0.15) is 17.8 Å². The lowest BCUT2D eigenvalue weighted by Gasteiger charge is -2.08. The lowest BCUT2D eigenvalue weighted by molar-refractivity contribution is -0.137. The van der Waals surface area contributed by atoms with Crippen molar-refractivity contribution >= 4 is 11.0 Å². The highest BCUT2D eigenvalue weighted by molar-refractivity contribution is 5.77. The summed E-state index contributed by atoms with van der Waals surface area (Å²) in [6.07, 6.45) is -3.48. The number of rotatable bonds is 5. The van der Waals surface area contributed by atoms with E-state index in [4.69, 9.17) is 10.2 Å². The van der Waals surface area contributed by atoms with Crippen LogP contribution in [0.3, 0.4) is 0 Å². The van der Waals surface area contributed by atoms with Gasteiger partial charge < -0.3 is 14.8 Å². The highest BCUT2D eigenvalue weighted by Gasteiger charge is 2.31. The number of hydrogen-bond acceptors (Lipinski definition) is 3. The Hall–Kier alpha value is -1.60. The van der Waals surface area contributed by atoms with Crippen LogP contribution in [-0.4, -0.2) is 33.0 Å². The molecule has 0 atom stereocenters. The van der Waals surface area contributed by atoms with E-state index in [1.54, 1.807) is 4.57 Å². The first kappa shape index (κ1) is 14.8. The van der Waals surface area contributed by atoms with Crippen LogP contribution in [0, 0.1) is 0 Å². The third-order valence-electron chi connectivity index (χ3n) is 3.04. The molecule has 2 N–H and O–H groups in total. The second kappa shape index (κ2) is 5.80. The van der Waals surface area contributed by atoms with Gasteiger partial charge in [0.05, 0.1) is 23.2 Å². The van der Waals surface area contributed by atoms with Crippen LogP contribution in [0.2, 0.25) is 0 Å². The summed E-state index contributed by atoms with van der Waals surface area (Å²) in [6, 6.07) is 3.38. The first-order valence-corrected chi connectivity index (χ1v) is 6.25. The summed E-state index contributed by atoms with van der Waals surface area (Å²) in [5.74, 6) is 0.572. The fourth-order valence-corrected chi connectivity index (χ4v) is 2.13. The Kier molecular flexibility index (Phi) is 4.29. The minimum atomic E-state index is -4.40. The maximum atomic E-state index is 12.7. The Morgan fingerprint density at radius 1 is 1.15 bits per heavy atom. The summed E-state index contributed by atoms with van der Waals surface area (Å²) in [4.78, 5) is 4.18. The van der Waals surface area contributed by atoms with E-state index in [1.807, 2.05) is 0 Å². The molecule has 1 aromatic carbocycles. The Balaban J connectivity index is 2.49. The van der Waals surface area contributed by atoms with Crippen molar-refractivity contribution < 1.29 is 23.4 Å². The average Bonchev–Trinajstić information content (AvgIpc) is 2.73. The molecule has 0 radical (unpaired) electrons. The fourth-order valence-electron chi connectivity index (χ4n) is 2.13. The molecule has 0 aliphatic heterocycles. The molecule has 0 fully saturated rings. The smallest absolute Gasteiger partial charge is 0.396 e. The quantitative estimate of drug-likeness (QED) is 0.884. The molecule has 1 heterocycles. The van der Waals surface area contributed by atoms with E-state index in [2.05, 4.69) is 4.98 Å². The molecule has 0 unspecified atom stereocenters. The van der Waals surface area contributed by atoms with Crippen LogP contribution in [0.5, 0.6) is 0 Å². The molecule has 110 valence electrons. The van der Waals surface area contributed by atoms with E-state index in [1.165, 1.54) is 6.07 Å². The minimum absolute atomic E-state index is 0.0177. The van der Waals surface area contributed by atoms with Gasteiger partial charge in [-0.05, 0) is 24.6 Å². The summed E-state index contributed by atoms with van der Waals surface area (Å²) in [5, 5.41) is 17.9. The second-order valence-electron chi connectivity index (χ2n) is 4.43. The highest BCUT2D eigenvalue weighted by Crippen LogP contribution is 2.31. The molecule has 2 aromatic rings. The molecular formula is C13H15F3N2O2. The van der Waals surface area contributed by atoms with Crippen molar-refractivity contribution in [3.8, 4) is 0 Å². The van der Waals surface area contributed by atoms with Crippen molar-refractivity contribution in [2.24, 2.45) is 0 Å². The molecule has 0 amide bonds. The van der Waals surface area contributed by atoms with Crippen molar-refractivity contribution in [2.45, 2.75) is 25.6 Å². The van der Waals surface area contributed by atoms with Crippen molar-refractivity contribution in [2.75, 3.05) is 13.2 Å². The van der Waals surface area contributed by atoms with Crippen LogP contribution in [-0.2, 0) is 19.1 Å². The molecule has 0 aliphatic carbocycles. The zero-order valence-corrected chi connectivity index (χ0v) is 10.7. The van der Waals surface area contributed by atoms with E-state index in [9.17, 15) is 13.2 Å². The van der Waals surface area contributed by atoms with Crippen LogP contribution < -0.4 is 0 Å². The topological polar surface area (TPSA) is 58.3 Å². The molecule has 0 saturated carbocycles. The van der Waals surface area contributed by atoms with Crippen molar-refractivity contribution in [1.29, 1.82) is 0 Å². The predicted octanol–water partition coefficient (Wildman–Crippen LogP) is 1.97. The normalized spacial score (nSPS) is 12.2. The number of fused-ring (bicyclic) bond motifs is 1. The highest BCUT2D eigenvalue weighted by atomic mass is 19.4. The molecule has 0 bridgehead atoms. The molecular weight excluding hydrogens is 273 g/mol. The maximum absolute atomic E-state index is 12.7. The first-order valence-electron chi connectivity index (χ1n) is 6.25. The third-order valence-corrected chi connectivity index (χ3v) is 3.04. The van der Waals surface area contributed by atoms with Gasteiger partial charge in [-0.1, -0.05) is 0 Å². The summed E-state index contributed by atoms with van der Waals surface area (Å²) >= 11 is 0. The molecule has 7 heteroatoms. The number of aliphatic hydroxyl groups excluding tert-OH is 2. The SMILES string of the molecule is OCCCc1nc2cc(C(F)(F)F)ccc2n1CCO. The van der Waals surface area contributed by atoms with Gasteiger partial charge in [0.2, 0.25) is 0 Å². The molecule has 4 nitrogen and oxygen atoms in total. The molecule has 0 saturated heterocycles. The lowest BCUT2D eigenvalue weighted by Crippen LogP contribution is -2.08. The van der Waals surface area contributed by atoms with E-state index >= 15 is 0 Å². The first-order chi connectivity index (χ1) is 9.47. The third kappa shape index (κ3) is 2.94. The van der Waals surface area contributed by atoms with Crippen molar-refractivity contribution in [3.63, 3.8) is 0 Å². The van der Waals surface area contributed by atoms with Crippen molar-refractivity contribution in [3.05, 3.63) is 29.6 Å². The van der Waals surface area contributed by atoms with Gasteiger partial charge in [-0.25, -0.2) is 4.98 Å². The van der Waals surface area contributed by atoms with Crippen LogP contribution in [0.15, 0.2) is 18.2 Å². The number of aromatic nitrogens is 2. The Labute approximate surface area is 113 Å². The lowest BCUT2D eigenvalue weighted by atomic mass is 10.2. The number of aliphatic hydroxyl groups is 2. The van der Waals surface area contributed by atoms with Gasteiger partial charge in [0.15, 0.2) is 0 Å². The van der Waals surface area contributed by atoms with Gasteiger partial charge in [0, 0.05) is 19.6 Å². The van der Waals surface area contributed by atoms with Crippen LogP contribution >= 0.6 is 0 Å². The maximum Gasteiger partial charge on any atom is 0.416 e. The van der Waals surface area contributed by atoms with Crippen molar-refractivity contribution in [1.82, 2.24) is 9.55 Å². The number of benzene rings is 1. The Morgan fingerprint density at radius 3 is 2.50 bits per heavy atom. The monoisotopic (exact) mass is 288 g/mol. The standard InChI is InChI=1S/C13H15F3N2O2/c14-13(15,16)9-3-4-11-10(8-9)17-12(2-1-6-19)18(11)5-7-20/h3-4,8,19-20H,1-2,5-7H2. The van der Waals surface area contributed by atoms with E-state index in [-0.39, 0.29) is 25.3 Å². The number of hydrogen-bond donors (Lipinski definition) is 2. The van der Waals surface area contributed by atoms with Gasteiger partial charge in [0.1, 0.15) is 5.82 Å². The number of nitrogens with zero attached hydrogens (tertiary/aromatic N) is 2. The zero-order chi connectivity index (χ0) is 14.8. The summed E-state index contributed by atoms with van der Waals surface area (Å²) in [7, 11) is 0. The van der Waals surface area contributed by atoms with Crippen LogP contribution in [0.25, 0.3) is 11.0 Å². The van der Waals surface area contributed by atoms with E-state index < -0.39 is 11.7 Å². The van der Waals surface area contributed by atoms with Gasteiger partial charge in [-0.2, -0.15) is 13.2 Å². The summed E-state index contributed by atoms with van der Waals surface area (Å²) in [6.45, 7) is 0.122. The number of aryl methyl sites for hydroxylation is 1. The predicted molar refractivity (Wildman–Crippen MR) is 67.2 cm³/mol. The number of imidazole rings is 1. The second-order valence-corrected chi connectivity index (χ2v) is 4.43. The van der Waals surface area contributed by atoms with E-state index in [0.29, 0.717) is 24.2 Å². The molecule has 0 aliphatic rings. The number of alkyl halides is 3. The summed E-state index contributed by atoms with van der Waals surface area (Å²) in [5.41, 5.74) is 0.0635. The summed E-state index contributed by atoms with van der Waals surface area (Å²) < 4.78 is 39.7. The van der Waals surface area contributed by atoms with Crippen LogP contribution in [0.4, 0.5) is 13.2 Å². The zero-order valence-electron chi connectivity index (χ0n) is 10.7. The molecule has 2 rings (SSSR count). The number of halogens is 3. The fraction of sp³-hybridized carbons (Fsp3) is 0.462. The largest absolute Gasteiger partial charge is 0.416 e. The Morgan fingerprint density at radius 2 is 1.90 bits per heavy atom. The minimum Gasteiger partial charge on any atom is -0.396 e. The van der Waals surface area contributed by atoms with E-state index in [0.717, 1.165) is 12.1 Å². The molecule has 0 spiro atoms. The van der Waals surface area contributed by atoms with Gasteiger partial charge in [-0.3, -0.25) is 0 Å². The average molecular weight is 288 g/mol.